The fraction of sp³-hybridized carbons (Fsp3) is 0.581. The van der Waals surface area contributed by atoms with Crippen molar-refractivity contribution in [2.75, 3.05) is 6.54 Å². The molecule has 2 unspecified atom stereocenters. The van der Waals surface area contributed by atoms with Gasteiger partial charge in [-0.2, -0.15) is 0 Å². The number of aliphatic carboxylic acids is 1. The molecule has 1 saturated heterocycles. The maximum absolute atomic E-state index is 13.8. The smallest absolute Gasteiger partial charge is 0.303 e. The number of benzene rings is 1. The molecule has 3 rings (SSSR count). The van der Waals surface area contributed by atoms with Crippen LogP contribution >= 0.6 is 11.3 Å². The van der Waals surface area contributed by atoms with Gasteiger partial charge in [0.05, 0.1) is 28.2 Å². The SMILES string of the molecule is Cc1ncsc1-c1ccc(C(C)NC(=O)[C@@H]2C[C@@H](O)CN2C(=O)C(NC(=O)CCCCCCC(=O)O)C(C)(C)C)cc1. The van der Waals surface area contributed by atoms with Crippen molar-refractivity contribution < 1.29 is 29.4 Å². The van der Waals surface area contributed by atoms with Crippen molar-refractivity contribution in [3.8, 4) is 10.4 Å². The van der Waals surface area contributed by atoms with E-state index in [4.69, 9.17) is 5.11 Å². The fourth-order valence-corrected chi connectivity index (χ4v) is 5.98. The lowest BCUT2D eigenvalue weighted by atomic mass is 9.85. The topological polar surface area (TPSA) is 149 Å². The van der Waals surface area contributed by atoms with Gasteiger partial charge in [-0.1, -0.05) is 57.9 Å². The zero-order valence-corrected chi connectivity index (χ0v) is 26.0. The molecule has 0 aliphatic carbocycles. The van der Waals surface area contributed by atoms with Gasteiger partial charge in [-0.25, -0.2) is 4.98 Å². The summed E-state index contributed by atoms with van der Waals surface area (Å²) in [5, 5.41) is 25.1. The lowest BCUT2D eigenvalue weighted by Gasteiger charge is -2.35. The van der Waals surface area contributed by atoms with E-state index in [0.717, 1.165) is 34.5 Å². The molecule has 1 aliphatic heterocycles. The van der Waals surface area contributed by atoms with Crippen LogP contribution in [0.4, 0.5) is 0 Å². The van der Waals surface area contributed by atoms with Crippen LogP contribution in [0.2, 0.25) is 0 Å². The van der Waals surface area contributed by atoms with Crippen molar-refractivity contribution in [1.82, 2.24) is 20.5 Å². The number of aromatic nitrogens is 1. The predicted molar refractivity (Wildman–Crippen MR) is 162 cm³/mol. The second kappa shape index (κ2) is 14.7. The fourth-order valence-electron chi connectivity index (χ4n) is 5.16. The summed E-state index contributed by atoms with van der Waals surface area (Å²) in [5.74, 6) is -1.85. The van der Waals surface area contributed by atoms with Gasteiger partial charge in [0.15, 0.2) is 0 Å². The van der Waals surface area contributed by atoms with E-state index in [1.54, 1.807) is 11.3 Å². The van der Waals surface area contributed by atoms with E-state index in [0.29, 0.717) is 12.8 Å². The molecule has 11 heteroatoms. The number of aliphatic hydroxyl groups excluding tert-OH is 1. The van der Waals surface area contributed by atoms with Crippen LogP contribution in [0.3, 0.4) is 0 Å². The first-order valence-electron chi connectivity index (χ1n) is 14.6. The van der Waals surface area contributed by atoms with Crippen molar-refractivity contribution in [3.05, 3.63) is 41.0 Å². The average molecular weight is 601 g/mol. The first-order valence-corrected chi connectivity index (χ1v) is 15.5. The van der Waals surface area contributed by atoms with Crippen molar-refractivity contribution in [2.45, 2.75) is 104 Å². The summed E-state index contributed by atoms with van der Waals surface area (Å²) in [6.45, 7) is 9.41. The molecule has 42 heavy (non-hydrogen) atoms. The van der Waals surface area contributed by atoms with E-state index >= 15 is 0 Å². The number of hydrogen-bond acceptors (Lipinski definition) is 7. The Morgan fingerprint density at radius 3 is 2.26 bits per heavy atom. The van der Waals surface area contributed by atoms with Crippen LogP contribution in [-0.2, 0) is 19.2 Å². The third-order valence-corrected chi connectivity index (χ3v) is 8.58. The van der Waals surface area contributed by atoms with Gasteiger partial charge in [0.2, 0.25) is 17.7 Å². The van der Waals surface area contributed by atoms with Gasteiger partial charge in [0.1, 0.15) is 12.1 Å². The Morgan fingerprint density at radius 1 is 1.05 bits per heavy atom. The van der Waals surface area contributed by atoms with Gasteiger partial charge in [-0.05, 0) is 43.2 Å². The number of nitrogens with one attached hydrogen (secondary N) is 2. The number of nitrogens with zero attached hydrogens (tertiary/aromatic N) is 2. The Hall–Kier alpha value is -3.31. The molecule has 230 valence electrons. The summed E-state index contributed by atoms with van der Waals surface area (Å²) in [6, 6.07) is 5.87. The van der Waals surface area contributed by atoms with E-state index in [1.165, 1.54) is 4.90 Å². The first kappa shape index (κ1) is 33.2. The van der Waals surface area contributed by atoms with Crippen molar-refractivity contribution in [3.63, 3.8) is 0 Å². The molecule has 4 N–H and O–H groups in total. The van der Waals surface area contributed by atoms with E-state index < -0.39 is 35.5 Å². The van der Waals surface area contributed by atoms with E-state index in [9.17, 15) is 24.3 Å². The van der Waals surface area contributed by atoms with Crippen LogP contribution in [0.1, 0.15) is 89.9 Å². The van der Waals surface area contributed by atoms with Crippen molar-refractivity contribution >= 4 is 35.0 Å². The summed E-state index contributed by atoms with van der Waals surface area (Å²) < 4.78 is 0. The Kier molecular flexibility index (Phi) is 11.6. The molecule has 1 aromatic carbocycles. The number of aryl methyl sites for hydroxylation is 1. The first-order chi connectivity index (χ1) is 19.8. The number of carboxylic acid groups (broad SMARTS) is 1. The number of carbonyl (C=O) groups excluding carboxylic acids is 3. The van der Waals surface area contributed by atoms with Gasteiger partial charge < -0.3 is 25.7 Å². The summed E-state index contributed by atoms with van der Waals surface area (Å²) in [5.41, 5.74) is 4.12. The highest BCUT2D eigenvalue weighted by Gasteiger charge is 2.44. The number of hydrogen-bond donors (Lipinski definition) is 4. The number of likely N-dealkylation sites (tertiary alicyclic amines) is 1. The minimum absolute atomic E-state index is 0.0141. The zero-order chi connectivity index (χ0) is 31.0. The van der Waals surface area contributed by atoms with E-state index in [1.807, 2.05) is 64.4 Å². The summed E-state index contributed by atoms with van der Waals surface area (Å²) in [6.07, 6.45) is 2.21. The molecule has 0 radical (unpaired) electrons. The molecule has 1 aromatic heterocycles. The highest BCUT2D eigenvalue weighted by Crippen LogP contribution is 2.29. The number of aliphatic hydroxyl groups is 1. The predicted octanol–water partition coefficient (Wildman–Crippen LogP) is 4.21. The third-order valence-electron chi connectivity index (χ3n) is 7.60. The second-order valence-electron chi connectivity index (χ2n) is 12.2. The molecule has 1 fully saturated rings. The number of thiazole rings is 1. The van der Waals surface area contributed by atoms with Crippen molar-refractivity contribution in [1.29, 1.82) is 0 Å². The number of β-amino-alcohol motifs (C(OH)–C–C–N with tert-alkyl or cyclic N) is 1. The minimum atomic E-state index is -0.877. The number of carboxylic acids is 1. The van der Waals surface area contributed by atoms with Crippen LogP contribution < -0.4 is 10.6 Å². The van der Waals surface area contributed by atoms with Gasteiger partial charge in [0, 0.05) is 25.8 Å². The van der Waals surface area contributed by atoms with Gasteiger partial charge in [-0.3, -0.25) is 19.2 Å². The molecular weight excluding hydrogens is 556 g/mol. The number of rotatable bonds is 13. The molecule has 2 heterocycles. The number of unbranched alkanes of at least 4 members (excludes halogenated alkanes) is 3. The van der Waals surface area contributed by atoms with Crippen LogP contribution in [0.5, 0.6) is 0 Å². The molecule has 0 saturated carbocycles. The highest BCUT2D eigenvalue weighted by atomic mass is 32.1. The normalized spacial score (nSPS) is 18.4. The molecule has 1 aliphatic rings. The van der Waals surface area contributed by atoms with Crippen LogP contribution in [-0.4, -0.2) is 68.5 Å². The standard InChI is InChI=1S/C31H44N4O6S/c1-19(21-12-14-22(15-13-21)27-20(2)32-18-42-27)33-29(40)24-16-23(36)17-35(24)30(41)28(31(3,4)5)34-25(37)10-8-6-7-9-11-26(38)39/h12-15,18-19,23-24,28,36H,6-11,16-17H2,1-5H3,(H,33,40)(H,34,37)(H,38,39)/t19?,23-,24+,28?/m1/s1. The highest BCUT2D eigenvalue weighted by molar-refractivity contribution is 7.13. The van der Waals surface area contributed by atoms with Crippen LogP contribution in [0.25, 0.3) is 10.4 Å². The molecule has 10 nitrogen and oxygen atoms in total. The molecule has 0 spiro atoms. The Balaban J connectivity index is 1.62. The van der Waals surface area contributed by atoms with E-state index in [-0.39, 0.29) is 43.7 Å². The molecule has 2 aromatic rings. The molecule has 4 atom stereocenters. The molecule has 0 bridgehead atoms. The minimum Gasteiger partial charge on any atom is -0.481 e. The maximum Gasteiger partial charge on any atom is 0.303 e. The molecule has 3 amide bonds. The summed E-state index contributed by atoms with van der Waals surface area (Å²) in [7, 11) is 0. The quantitative estimate of drug-likeness (QED) is 0.252. The van der Waals surface area contributed by atoms with Crippen LogP contribution in [0.15, 0.2) is 29.8 Å². The lowest BCUT2D eigenvalue weighted by Crippen LogP contribution is -2.57. The Labute approximate surface area is 251 Å². The van der Waals surface area contributed by atoms with Gasteiger partial charge in [0.25, 0.3) is 0 Å². The lowest BCUT2D eigenvalue weighted by molar-refractivity contribution is -0.144. The monoisotopic (exact) mass is 600 g/mol. The summed E-state index contributed by atoms with van der Waals surface area (Å²) in [4.78, 5) is 57.4. The average Bonchev–Trinajstić information content (AvgIpc) is 3.53. The summed E-state index contributed by atoms with van der Waals surface area (Å²) >= 11 is 1.58. The second-order valence-corrected chi connectivity index (χ2v) is 13.0. The largest absolute Gasteiger partial charge is 0.481 e. The van der Waals surface area contributed by atoms with Crippen LogP contribution in [0, 0.1) is 12.3 Å². The maximum atomic E-state index is 13.8. The Morgan fingerprint density at radius 2 is 1.69 bits per heavy atom. The Bertz CT molecular complexity index is 1240. The van der Waals surface area contributed by atoms with Gasteiger partial charge >= 0.3 is 5.97 Å². The van der Waals surface area contributed by atoms with Gasteiger partial charge in [-0.15, -0.1) is 11.3 Å². The van der Waals surface area contributed by atoms with E-state index in [2.05, 4.69) is 15.6 Å². The number of amides is 3. The third kappa shape index (κ3) is 9.09. The zero-order valence-electron chi connectivity index (χ0n) is 25.2. The number of carbonyl (C=O) groups is 4. The molecular formula is C31H44N4O6S. The van der Waals surface area contributed by atoms with Crippen molar-refractivity contribution in [2.24, 2.45) is 5.41 Å².